The number of hydrogen-bond acceptors (Lipinski definition) is 2. The average molecular weight is 500 g/mol. The molecular formula is C35H37BO2. The molecule has 1 N–H and O–H groups in total. The zero-order chi connectivity index (χ0) is 27.3. The number of phenolic OH excluding ortho intramolecular Hbond substituents is 1. The van der Waals surface area contributed by atoms with Crippen LogP contribution in [0.4, 0.5) is 0 Å². The average Bonchev–Trinajstić information content (AvgIpc) is 2.87. The Morgan fingerprint density at radius 3 is 2.03 bits per heavy atom. The minimum Gasteiger partial charge on any atom is -0.508 e. The molecule has 0 unspecified atom stereocenters. The van der Waals surface area contributed by atoms with Crippen LogP contribution in [0.2, 0.25) is 0 Å². The van der Waals surface area contributed by atoms with Gasteiger partial charge in [-0.1, -0.05) is 106 Å². The third-order valence-electron chi connectivity index (χ3n) is 8.10. The van der Waals surface area contributed by atoms with Crippen molar-refractivity contribution in [3.63, 3.8) is 0 Å². The van der Waals surface area contributed by atoms with Crippen molar-refractivity contribution in [3.05, 3.63) is 117 Å². The van der Waals surface area contributed by atoms with Crippen LogP contribution in [0.15, 0.2) is 83.9 Å². The molecule has 0 saturated heterocycles. The van der Waals surface area contributed by atoms with Gasteiger partial charge in [-0.2, -0.15) is 0 Å². The highest BCUT2D eigenvalue weighted by atomic mass is 16.3. The molecule has 1 heterocycles. The van der Waals surface area contributed by atoms with Gasteiger partial charge in [0.2, 0.25) is 6.71 Å². The van der Waals surface area contributed by atoms with E-state index in [0.717, 1.165) is 33.2 Å². The maximum absolute atomic E-state index is 12.9. The van der Waals surface area contributed by atoms with E-state index in [4.69, 9.17) is 0 Å². The molecule has 0 bridgehead atoms. The highest BCUT2D eigenvalue weighted by Gasteiger charge is 2.39. The fourth-order valence-electron chi connectivity index (χ4n) is 6.14. The number of carbonyl (C=O) groups excluding carboxylic acids is 1. The Hall–Kier alpha value is -3.59. The van der Waals surface area contributed by atoms with Crippen LogP contribution < -0.4 is 10.9 Å². The van der Waals surface area contributed by atoms with Gasteiger partial charge < -0.3 is 5.11 Å². The van der Waals surface area contributed by atoms with Gasteiger partial charge in [-0.15, -0.1) is 0 Å². The van der Waals surface area contributed by atoms with Gasteiger partial charge in [0.1, 0.15) is 5.75 Å². The fraction of sp³-hybridized carbons (Fsp3) is 0.286. The number of aryl methyl sites for hydroxylation is 1. The van der Waals surface area contributed by atoms with E-state index in [-0.39, 0.29) is 18.2 Å². The molecule has 2 aliphatic rings. The van der Waals surface area contributed by atoms with Crippen LogP contribution in [-0.4, -0.2) is 17.6 Å². The van der Waals surface area contributed by atoms with Crippen molar-refractivity contribution in [2.24, 2.45) is 0 Å². The monoisotopic (exact) mass is 500 g/mol. The smallest absolute Gasteiger partial charge is 0.243 e. The van der Waals surface area contributed by atoms with Crippen molar-refractivity contribution in [3.8, 4) is 5.75 Å². The zero-order valence-corrected chi connectivity index (χ0v) is 23.6. The maximum atomic E-state index is 12.9. The first-order chi connectivity index (χ1) is 18.1. The molecule has 0 atom stereocenters. The fourth-order valence-corrected chi connectivity index (χ4v) is 6.14. The summed E-state index contributed by atoms with van der Waals surface area (Å²) < 4.78 is 0. The Balaban J connectivity index is 1.92. The molecule has 3 aromatic carbocycles. The highest BCUT2D eigenvalue weighted by Crippen LogP contribution is 2.40. The molecule has 0 radical (unpaired) electrons. The van der Waals surface area contributed by atoms with Crippen molar-refractivity contribution < 1.29 is 9.90 Å². The standard InChI is InChI=1S/C35H37BO2/c1-20(2)24-16-30(21(3)4)35(31(17-24)22(5)6)36-32-18-25(37)12-14-28(32)34(27-11-9-8-10-23(27)7)29-15-13-26(38)19-33(29)36/h8-22,37H,1-7H3. The summed E-state index contributed by atoms with van der Waals surface area (Å²) in [6.45, 7) is 15.5. The lowest BCUT2D eigenvalue weighted by molar-refractivity contribution is -0.110. The molecule has 0 fully saturated rings. The zero-order valence-electron chi connectivity index (χ0n) is 23.6. The number of hydrogen-bond donors (Lipinski definition) is 1. The van der Waals surface area contributed by atoms with Gasteiger partial charge in [-0.3, -0.25) is 4.79 Å². The lowest BCUT2D eigenvalue weighted by Crippen LogP contribution is -2.52. The topological polar surface area (TPSA) is 37.3 Å². The number of phenols is 1. The van der Waals surface area contributed by atoms with Crippen molar-refractivity contribution in [1.29, 1.82) is 0 Å². The van der Waals surface area contributed by atoms with Gasteiger partial charge in [0.05, 0.1) is 0 Å². The van der Waals surface area contributed by atoms with Crippen LogP contribution in [0.5, 0.6) is 5.75 Å². The van der Waals surface area contributed by atoms with Crippen molar-refractivity contribution in [2.45, 2.75) is 66.2 Å². The molecule has 1 aliphatic carbocycles. The Morgan fingerprint density at radius 2 is 1.42 bits per heavy atom. The largest absolute Gasteiger partial charge is 0.508 e. The predicted octanol–water partition coefficient (Wildman–Crippen LogP) is 7.10. The molecule has 0 saturated carbocycles. The van der Waals surface area contributed by atoms with E-state index in [1.807, 2.05) is 18.2 Å². The summed E-state index contributed by atoms with van der Waals surface area (Å²) >= 11 is 0. The summed E-state index contributed by atoms with van der Waals surface area (Å²) in [6.07, 6.45) is 5.53. The summed E-state index contributed by atoms with van der Waals surface area (Å²) in [5.74, 6) is 1.29. The van der Waals surface area contributed by atoms with Gasteiger partial charge in [0.25, 0.3) is 0 Å². The second-order valence-corrected chi connectivity index (χ2v) is 11.7. The molecule has 0 spiro atoms. The quantitative estimate of drug-likeness (QED) is 0.380. The number of aromatic hydroxyl groups is 1. The molecule has 1 aliphatic heterocycles. The highest BCUT2D eigenvalue weighted by molar-refractivity contribution is 6.93. The SMILES string of the molecule is Cc1ccccc1C1=C2C=CC(=O)C=C2B(c2c(C(C)C)cc(C(C)C)cc2C(C)C)c2cc(O)ccc21. The van der Waals surface area contributed by atoms with Crippen molar-refractivity contribution >= 4 is 29.0 Å². The molecule has 192 valence electrons. The summed E-state index contributed by atoms with van der Waals surface area (Å²) in [5, 5.41) is 10.8. The number of carbonyl (C=O) groups is 1. The third-order valence-corrected chi connectivity index (χ3v) is 8.10. The number of rotatable bonds is 5. The van der Waals surface area contributed by atoms with Gasteiger partial charge >= 0.3 is 0 Å². The minimum absolute atomic E-state index is 0.0116. The van der Waals surface area contributed by atoms with Crippen LogP contribution in [0, 0.1) is 6.92 Å². The van der Waals surface area contributed by atoms with Gasteiger partial charge in [-0.05, 0) is 93.5 Å². The van der Waals surface area contributed by atoms with Crippen LogP contribution in [0.1, 0.15) is 92.7 Å². The van der Waals surface area contributed by atoms with Crippen LogP contribution >= 0.6 is 0 Å². The Kier molecular flexibility index (Phi) is 6.82. The number of ketones is 1. The van der Waals surface area contributed by atoms with E-state index in [1.54, 1.807) is 12.1 Å². The molecule has 2 nitrogen and oxygen atoms in total. The van der Waals surface area contributed by atoms with E-state index < -0.39 is 0 Å². The predicted molar refractivity (Wildman–Crippen MR) is 161 cm³/mol. The molecular weight excluding hydrogens is 463 g/mol. The lowest BCUT2D eigenvalue weighted by atomic mass is 9.30. The summed E-state index contributed by atoms with van der Waals surface area (Å²) in [5.41, 5.74) is 13.0. The molecule has 0 aromatic heterocycles. The molecule has 38 heavy (non-hydrogen) atoms. The van der Waals surface area contributed by atoms with Gasteiger partial charge in [0, 0.05) is 0 Å². The van der Waals surface area contributed by atoms with E-state index in [9.17, 15) is 9.90 Å². The van der Waals surface area contributed by atoms with Crippen LogP contribution in [0.25, 0.3) is 5.57 Å². The number of fused-ring (bicyclic) bond motifs is 2. The van der Waals surface area contributed by atoms with E-state index >= 15 is 0 Å². The summed E-state index contributed by atoms with van der Waals surface area (Å²) in [6, 6.07) is 18.9. The van der Waals surface area contributed by atoms with Gasteiger partial charge in [0.15, 0.2) is 5.78 Å². The lowest BCUT2D eigenvalue weighted by Gasteiger charge is -2.35. The Bertz CT molecular complexity index is 1500. The molecule has 3 aromatic rings. The second-order valence-electron chi connectivity index (χ2n) is 11.7. The first-order valence-corrected chi connectivity index (χ1v) is 13.8. The summed E-state index contributed by atoms with van der Waals surface area (Å²) in [7, 11) is 0. The van der Waals surface area contributed by atoms with E-state index in [1.165, 1.54) is 27.7 Å². The second kappa shape index (κ2) is 9.95. The molecule has 3 heteroatoms. The molecule has 0 amide bonds. The number of allylic oxidation sites excluding steroid dienone is 5. The Morgan fingerprint density at radius 1 is 0.763 bits per heavy atom. The van der Waals surface area contributed by atoms with Crippen LogP contribution in [0.3, 0.4) is 0 Å². The van der Waals surface area contributed by atoms with Gasteiger partial charge in [-0.25, -0.2) is 0 Å². The van der Waals surface area contributed by atoms with Crippen LogP contribution in [-0.2, 0) is 4.79 Å². The Labute approximate surface area is 227 Å². The minimum atomic E-state index is -0.148. The van der Waals surface area contributed by atoms with Crippen molar-refractivity contribution in [1.82, 2.24) is 0 Å². The van der Waals surface area contributed by atoms with E-state index in [0.29, 0.717) is 17.8 Å². The first-order valence-electron chi connectivity index (χ1n) is 13.8. The summed E-state index contributed by atoms with van der Waals surface area (Å²) in [4.78, 5) is 12.9. The van der Waals surface area contributed by atoms with Crippen molar-refractivity contribution in [2.75, 3.05) is 0 Å². The number of benzene rings is 3. The van der Waals surface area contributed by atoms with E-state index in [2.05, 4.69) is 90.9 Å². The maximum Gasteiger partial charge on any atom is 0.243 e. The molecule has 5 rings (SSSR count). The first kappa shape index (κ1) is 26.0. The normalized spacial score (nSPS) is 14.9. The third kappa shape index (κ3) is 4.38.